The summed E-state index contributed by atoms with van der Waals surface area (Å²) >= 11 is 11.6. The molecule has 0 saturated heterocycles. The van der Waals surface area contributed by atoms with Gasteiger partial charge in [0.2, 0.25) is 0 Å². The highest BCUT2D eigenvalue weighted by molar-refractivity contribution is 6.31. The normalized spacial score (nSPS) is 16.4. The summed E-state index contributed by atoms with van der Waals surface area (Å²) in [5, 5.41) is 13.2. The van der Waals surface area contributed by atoms with Crippen molar-refractivity contribution in [2.24, 2.45) is 0 Å². The van der Waals surface area contributed by atoms with Crippen LogP contribution >= 0.6 is 23.2 Å². The predicted octanol–water partition coefficient (Wildman–Crippen LogP) is 4.26. The molecule has 0 radical (unpaired) electrons. The van der Waals surface area contributed by atoms with E-state index in [-0.39, 0.29) is 23.2 Å². The second kappa shape index (κ2) is 5.78. The zero-order valence-electron chi connectivity index (χ0n) is 11.4. The first-order valence-electron chi connectivity index (χ1n) is 6.73. The van der Waals surface area contributed by atoms with Crippen LogP contribution < -0.4 is 5.32 Å². The molecule has 3 rings (SSSR count). The summed E-state index contributed by atoms with van der Waals surface area (Å²) in [6.07, 6.45) is 1.13. The van der Waals surface area contributed by atoms with E-state index < -0.39 is 5.91 Å². The average molecular weight is 340 g/mol. The van der Waals surface area contributed by atoms with E-state index in [0.717, 1.165) is 0 Å². The number of amides is 1. The number of carbonyl (C=O) groups is 1. The van der Waals surface area contributed by atoms with E-state index in [4.69, 9.17) is 23.2 Å². The lowest BCUT2D eigenvalue weighted by molar-refractivity contribution is 0.0934. The number of hydrogen-bond donors (Lipinski definition) is 2. The molecule has 0 fully saturated rings. The van der Waals surface area contributed by atoms with Gasteiger partial charge in [0.15, 0.2) is 0 Å². The Labute approximate surface area is 136 Å². The van der Waals surface area contributed by atoms with Crippen molar-refractivity contribution in [2.45, 2.75) is 18.9 Å². The number of hydrogen-bond acceptors (Lipinski definition) is 2. The molecule has 0 spiro atoms. The van der Waals surface area contributed by atoms with Crippen molar-refractivity contribution in [2.75, 3.05) is 0 Å². The molecule has 2 aromatic rings. The molecule has 1 aliphatic rings. The molecule has 1 amide bonds. The van der Waals surface area contributed by atoms with Gasteiger partial charge in [0.05, 0.1) is 11.6 Å². The Hall–Kier alpha value is -1.78. The van der Waals surface area contributed by atoms with Crippen LogP contribution in [0.3, 0.4) is 0 Å². The third-order valence-corrected chi connectivity index (χ3v) is 4.22. The first-order valence-corrected chi connectivity index (χ1v) is 7.48. The van der Waals surface area contributed by atoms with Gasteiger partial charge in [-0.05, 0) is 54.3 Å². The number of phenols is 1. The summed E-state index contributed by atoms with van der Waals surface area (Å²) < 4.78 is 13.8. The molecule has 2 aromatic carbocycles. The fraction of sp³-hybridized carbons (Fsp3) is 0.188. The zero-order chi connectivity index (χ0) is 15.9. The number of phenolic OH excluding ortho intramolecular Hbond substituents is 1. The second-order valence-electron chi connectivity index (χ2n) is 5.18. The van der Waals surface area contributed by atoms with Gasteiger partial charge in [0.25, 0.3) is 5.91 Å². The van der Waals surface area contributed by atoms with Crippen molar-refractivity contribution in [1.29, 1.82) is 0 Å². The molecule has 0 aliphatic heterocycles. The molecule has 1 atom stereocenters. The molecule has 0 bridgehead atoms. The minimum Gasteiger partial charge on any atom is -0.507 e. The highest BCUT2D eigenvalue weighted by Crippen LogP contribution is 2.35. The van der Waals surface area contributed by atoms with Crippen LogP contribution in [0.2, 0.25) is 10.0 Å². The summed E-state index contributed by atoms with van der Waals surface area (Å²) in [4.78, 5) is 12.3. The number of halogens is 3. The van der Waals surface area contributed by atoms with Gasteiger partial charge in [-0.2, -0.15) is 0 Å². The first kappa shape index (κ1) is 15.1. The maximum atomic E-state index is 13.8. The van der Waals surface area contributed by atoms with E-state index in [1.165, 1.54) is 24.3 Å². The number of nitrogens with one attached hydrogen (secondary N) is 1. The summed E-state index contributed by atoms with van der Waals surface area (Å²) in [6, 6.07) is 6.88. The topological polar surface area (TPSA) is 49.3 Å². The Balaban J connectivity index is 1.85. The van der Waals surface area contributed by atoms with Crippen LogP contribution in [-0.2, 0) is 6.42 Å². The Morgan fingerprint density at radius 1 is 1.23 bits per heavy atom. The van der Waals surface area contributed by atoms with Crippen LogP contribution in [-0.4, -0.2) is 11.0 Å². The van der Waals surface area contributed by atoms with Crippen molar-refractivity contribution in [1.82, 2.24) is 5.32 Å². The predicted molar refractivity (Wildman–Crippen MR) is 83.1 cm³/mol. The fourth-order valence-electron chi connectivity index (χ4n) is 2.72. The van der Waals surface area contributed by atoms with Gasteiger partial charge in [-0.1, -0.05) is 23.2 Å². The maximum absolute atomic E-state index is 13.8. The van der Waals surface area contributed by atoms with E-state index in [9.17, 15) is 14.3 Å². The molecule has 1 aliphatic carbocycles. The molecular formula is C16H12Cl2FNO2. The Kier molecular flexibility index (Phi) is 3.98. The van der Waals surface area contributed by atoms with Crippen molar-refractivity contribution >= 4 is 29.1 Å². The minimum atomic E-state index is -0.438. The number of benzene rings is 2. The highest BCUT2D eigenvalue weighted by Gasteiger charge is 2.27. The number of carbonyl (C=O) groups excluding carboxylic acids is 1. The minimum absolute atomic E-state index is 0.125. The monoisotopic (exact) mass is 339 g/mol. The Morgan fingerprint density at radius 3 is 2.73 bits per heavy atom. The Bertz CT molecular complexity index is 764. The highest BCUT2D eigenvalue weighted by atomic mass is 35.5. The lowest BCUT2D eigenvalue weighted by Crippen LogP contribution is -2.27. The molecule has 0 heterocycles. The number of aromatic hydroxyl groups is 1. The molecule has 0 aromatic heterocycles. The van der Waals surface area contributed by atoms with Gasteiger partial charge in [-0.15, -0.1) is 0 Å². The lowest BCUT2D eigenvalue weighted by atomic mass is 10.1. The molecule has 0 saturated carbocycles. The van der Waals surface area contributed by atoms with Crippen LogP contribution in [0.25, 0.3) is 0 Å². The molecule has 3 nitrogen and oxygen atoms in total. The van der Waals surface area contributed by atoms with Gasteiger partial charge >= 0.3 is 0 Å². The molecular weight excluding hydrogens is 328 g/mol. The maximum Gasteiger partial charge on any atom is 0.255 e. The summed E-state index contributed by atoms with van der Waals surface area (Å²) in [5.41, 5.74) is 1.39. The van der Waals surface area contributed by atoms with Crippen molar-refractivity contribution in [3.05, 3.63) is 62.9 Å². The molecule has 114 valence electrons. The standard InChI is InChI=1S/C16H12Cl2FNO2/c17-8-1-2-11(15(21)7-8)16(22)20-14-4-3-10-12(14)5-9(18)6-13(10)19/h1-2,5-7,14,21H,3-4H2,(H,20,22)/t14-/m1/s1. The SMILES string of the molecule is O=C(N[C@@H]1CCc2c(F)cc(Cl)cc21)c1ccc(Cl)cc1O. The lowest BCUT2D eigenvalue weighted by Gasteiger charge is -2.15. The fourth-order valence-corrected chi connectivity index (χ4v) is 3.10. The summed E-state index contributed by atoms with van der Waals surface area (Å²) in [7, 11) is 0. The molecule has 6 heteroatoms. The smallest absolute Gasteiger partial charge is 0.255 e. The van der Waals surface area contributed by atoms with Gasteiger partial charge in [0.1, 0.15) is 11.6 Å². The van der Waals surface area contributed by atoms with Gasteiger partial charge in [-0.3, -0.25) is 4.79 Å². The molecule has 22 heavy (non-hydrogen) atoms. The first-order chi connectivity index (χ1) is 10.5. The van der Waals surface area contributed by atoms with Gasteiger partial charge < -0.3 is 10.4 Å². The van der Waals surface area contributed by atoms with Crippen LogP contribution in [0.1, 0.15) is 33.9 Å². The third-order valence-electron chi connectivity index (χ3n) is 3.76. The average Bonchev–Trinajstić information content (AvgIpc) is 2.82. The van der Waals surface area contributed by atoms with Gasteiger partial charge in [0, 0.05) is 10.0 Å². The van der Waals surface area contributed by atoms with Crippen molar-refractivity contribution in [3.63, 3.8) is 0 Å². The van der Waals surface area contributed by atoms with Crippen molar-refractivity contribution in [3.8, 4) is 5.75 Å². The van der Waals surface area contributed by atoms with Crippen LogP contribution in [0.15, 0.2) is 30.3 Å². The quantitative estimate of drug-likeness (QED) is 0.858. The Morgan fingerprint density at radius 2 is 2.00 bits per heavy atom. The van der Waals surface area contributed by atoms with E-state index in [1.54, 1.807) is 6.07 Å². The van der Waals surface area contributed by atoms with Gasteiger partial charge in [-0.25, -0.2) is 4.39 Å². The number of fused-ring (bicyclic) bond motifs is 1. The zero-order valence-corrected chi connectivity index (χ0v) is 12.9. The molecule has 2 N–H and O–H groups in total. The van der Waals surface area contributed by atoms with Crippen LogP contribution in [0.5, 0.6) is 5.75 Å². The van der Waals surface area contributed by atoms with E-state index in [0.29, 0.717) is 34.0 Å². The summed E-state index contributed by atoms with van der Waals surface area (Å²) in [6.45, 7) is 0. The van der Waals surface area contributed by atoms with E-state index in [1.807, 2.05) is 0 Å². The van der Waals surface area contributed by atoms with Crippen LogP contribution in [0, 0.1) is 5.82 Å². The second-order valence-corrected chi connectivity index (χ2v) is 6.05. The van der Waals surface area contributed by atoms with Crippen LogP contribution in [0.4, 0.5) is 4.39 Å². The van der Waals surface area contributed by atoms with E-state index in [2.05, 4.69) is 5.32 Å². The molecule has 0 unspecified atom stereocenters. The number of rotatable bonds is 2. The third kappa shape index (κ3) is 2.76. The van der Waals surface area contributed by atoms with Crippen molar-refractivity contribution < 1.29 is 14.3 Å². The van der Waals surface area contributed by atoms with E-state index >= 15 is 0 Å². The summed E-state index contributed by atoms with van der Waals surface area (Å²) in [5.74, 6) is -0.985. The largest absolute Gasteiger partial charge is 0.507 e.